The molecule has 6 heteroatoms. The molecule has 5 nitrogen and oxygen atoms in total. The van der Waals surface area contributed by atoms with E-state index in [2.05, 4.69) is 26.6 Å². The fourth-order valence-electron chi connectivity index (χ4n) is 3.00. The first kappa shape index (κ1) is 14.2. The molecule has 1 aromatic heterocycles. The molecule has 2 saturated heterocycles. The molecule has 0 N–H and O–H groups in total. The van der Waals surface area contributed by atoms with Gasteiger partial charge in [0, 0.05) is 19.7 Å². The second-order valence-electron chi connectivity index (χ2n) is 5.51. The Hall–Kier alpha value is -0.750. The van der Waals surface area contributed by atoms with E-state index in [9.17, 15) is 0 Å². The van der Waals surface area contributed by atoms with E-state index in [1.165, 1.54) is 25.7 Å². The second-order valence-corrected chi connectivity index (χ2v) is 6.74. The van der Waals surface area contributed by atoms with Crippen molar-refractivity contribution in [1.29, 1.82) is 0 Å². The summed E-state index contributed by atoms with van der Waals surface area (Å²) in [5.74, 6) is 2.08. The molecule has 0 aliphatic carbocycles. The van der Waals surface area contributed by atoms with E-state index in [0.29, 0.717) is 6.10 Å². The van der Waals surface area contributed by atoms with Crippen molar-refractivity contribution >= 4 is 17.7 Å². The van der Waals surface area contributed by atoms with Gasteiger partial charge in [0.15, 0.2) is 5.16 Å². The quantitative estimate of drug-likeness (QED) is 0.781. The third-order valence-electron chi connectivity index (χ3n) is 4.02. The summed E-state index contributed by atoms with van der Waals surface area (Å²) in [7, 11) is 0. The zero-order valence-electron chi connectivity index (χ0n) is 12.3. The minimum absolute atomic E-state index is 0.339. The zero-order valence-corrected chi connectivity index (χ0v) is 13.1. The lowest BCUT2D eigenvalue weighted by Crippen LogP contribution is -2.33. The molecule has 3 rings (SSSR count). The van der Waals surface area contributed by atoms with Crippen molar-refractivity contribution in [2.75, 3.05) is 30.3 Å². The predicted molar refractivity (Wildman–Crippen MR) is 81.5 cm³/mol. The van der Waals surface area contributed by atoms with Crippen LogP contribution in [0.25, 0.3) is 0 Å². The Balaban J connectivity index is 1.80. The molecule has 112 valence electrons. The minimum Gasteiger partial charge on any atom is -0.376 e. The topological polar surface area (TPSA) is 43.2 Å². The number of hydrogen-bond acceptors (Lipinski definition) is 5. The van der Waals surface area contributed by atoms with Crippen LogP contribution in [-0.4, -0.2) is 46.3 Å². The number of ether oxygens (including phenoxy) is 1. The standard InChI is InChI=1S/C14H24N4OS/c1-2-20-14-16-15-13(17-8-4-3-5-9-17)18(14)11-12-7-6-10-19-12/h12H,2-11H2,1H3. The Morgan fingerprint density at radius 1 is 1.20 bits per heavy atom. The zero-order chi connectivity index (χ0) is 13.8. The maximum absolute atomic E-state index is 5.80. The molecule has 0 bridgehead atoms. The van der Waals surface area contributed by atoms with Crippen LogP contribution in [0.1, 0.15) is 39.0 Å². The van der Waals surface area contributed by atoms with Crippen molar-refractivity contribution in [3.8, 4) is 0 Å². The highest BCUT2D eigenvalue weighted by molar-refractivity contribution is 7.99. The third kappa shape index (κ3) is 3.11. The van der Waals surface area contributed by atoms with Gasteiger partial charge < -0.3 is 9.64 Å². The Kier molecular flexibility index (Phi) is 4.83. The summed E-state index contributed by atoms with van der Waals surface area (Å²) in [6.45, 7) is 6.19. The van der Waals surface area contributed by atoms with E-state index in [4.69, 9.17) is 4.74 Å². The number of hydrogen-bond donors (Lipinski definition) is 0. The van der Waals surface area contributed by atoms with Crippen molar-refractivity contribution in [3.05, 3.63) is 0 Å². The van der Waals surface area contributed by atoms with Gasteiger partial charge in [-0.05, 0) is 37.9 Å². The smallest absolute Gasteiger partial charge is 0.228 e. The highest BCUT2D eigenvalue weighted by Crippen LogP contribution is 2.26. The molecular formula is C14H24N4OS. The normalized spacial score (nSPS) is 23.4. The molecule has 1 atom stereocenters. The van der Waals surface area contributed by atoms with Crippen LogP contribution in [0.15, 0.2) is 5.16 Å². The van der Waals surface area contributed by atoms with Crippen LogP contribution in [-0.2, 0) is 11.3 Å². The van der Waals surface area contributed by atoms with Gasteiger partial charge in [0.25, 0.3) is 0 Å². The highest BCUT2D eigenvalue weighted by Gasteiger charge is 2.24. The molecule has 20 heavy (non-hydrogen) atoms. The Morgan fingerprint density at radius 2 is 2.05 bits per heavy atom. The number of rotatable bonds is 5. The fourth-order valence-corrected chi connectivity index (χ4v) is 3.67. The lowest BCUT2D eigenvalue weighted by Gasteiger charge is -2.28. The van der Waals surface area contributed by atoms with Crippen LogP contribution in [0.4, 0.5) is 5.95 Å². The molecular weight excluding hydrogens is 272 g/mol. The van der Waals surface area contributed by atoms with Gasteiger partial charge in [-0.2, -0.15) is 0 Å². The first-order valence-corrected chi connectivity index (χ1v) is 8.79. The van der Waals surface area contributed by atoms with Crippen molar-refractivity contribution in [2.24, 2.45) is 0 Å². The van der Waals surface area contributed by atoms with E-state index < -0.39 is 0 Å². The molecule has 0 amide bonds. The van der Waals surface area contributed by atoms with Crippen molar-refractivity contribution in [2.45, 2.75) is 56.8 Å². The van der Waals surface area contributed by atoms with Gasteiger partial charge in [-0.15, -0.1) is 10.2 Å². The molecule has 2 fully saturated rings. The van der Waals surface area contributed by atoms with E-state index >= 15 is 0 Å². The van der Waals surface area contributed by atoms with Crippen LogP contribution >= 0.6 is 11.8 Å². The summed E-state index contributed by atoms with van der Waals surface area (Å²) >= 11 is 1.78. The van der Waals surface area contributed by atoms with E-state index in [1.54, 1.807) is 11.8 Å². The van der Waals surface area contributed by atoms with Crippen molar-refractivity contribution in [1.82, 2.24) is 14.8 Å². The molecule has 1 aromatic rings. The maximum atomic E-state index is 5.80. The van der Waals surface area contributed by atoms with Gasteiger partial charge in [-0.25, -0.2) is 0 Å². The summed E-state index contributed by atoms with van der Waals surface area (Å²) in [5, 5.41) is 9.91. The average molecular weight is 296 g/mol. The molecule has 0 saturated carbocycles. The number of anilines is 1. The predicted octanol–water partition coefficient (Wildman–Crippen LogP) is 2.56. The molecule has 0 spiro atoms. The minimum atomic E-state index is 0.339. The molecule has 3 heterocycles. The Morgan fingerprint density at radius 3 is 2.75 bits per heavy atom. The van der Waals surface area contributed by atoms with Crippen LogP contribution in [0.5, 0.6) is 0 Å². The van der Waals surface area contributed by atoms with Crippen molar-refractivity contribution in [3.63, 3.8) is 0 Å². The van der Waals surface area contributed by atoms with Crippen LogP contribution in [0, 0.1) is 0 Å². The largest absolute Gasteiger partial charge is 0.376 e. The maximum Gasteiger partial charge on any atom is 0.228 e. The molecule has 0 aromatic carbocycles. The molecule has 0 radical (unpaired) electrons. The number of nitrogens with zero attached hydrogens (tertiary/aromatic N) is 4. The highest BCUT2D eigenvalue weighted by atomic mass is 32.2. The van der Waals surface area contributed by atoms with E-state index in [0.717, 1.165) is 49.5 Å². The first-order chi connectivity index (χ1) is 9.88. The van der Waals surface area contributed by atoms with Gasteiger partial charge >= 0.3 is 0 Å². The summed E-state index contributed by atoms with van der Waals surface area (Å²) in [6, 6.07) is 0. The monoisotopic (exact) mass is 296 g/mol. The van der Waals surface area contributed by atoms with Gasteiger partial charge in [0.05, 0.1) is 12.6 Å². The summed E-state index contributed by atoms with van der Waals surface area (Å²) in [5.41, 5.74) is 0. The Labute approximate surface area is 125 Å². The molecule has 2 aliphatic heterocycles. The second kappa shape index (κ2) is 6.80. The lowest BCUT2D eigenvalue weighted by atomic mass is 10.1. The average Bonchev–Trinajstić information content (AvgIpc) is 3.12. The van der Waals surface area contributed by atoms with Gasteiger partial charge in [0.2, 0.25) is 5.95 Å². The SMILES string of the molecule is CCSc1nnc(N2CCCCC2)n1CC1CCCO1. The van der Waals surface area contributed by atoms with E-state index in [-0.39, 0.29) is 0 Å². The number of thioether (sulfide) groups is 1. The van der Waals surface area contributed by atoms with Crippen LogP contribution in [0.2, 0.25) is 0 Å². The van der Waals surface area contributed by atoms with Crippen LogP contribution < -0.4 is 4.90 Å². The van der Waals surface area contributed by atoms with Gasteiger partial charge in [0.1, 0.15) is 0 Å². The van der Waals surface area contributed by atoms with E-state index in [1.807, 2.05) is 0 Å². The van der Waals surface area contributed by atoms with Gasteiger partial charge in [-0.1, -0.05) is 18.7 Å². The molecule has 2 aliphatic rings. The Bertz CT molecular complexity index is 425. The van der Waals surface area contributed by atoms with Crippen molar-refractivity contribution < 1.29 is 4.74 Å². The number of piperidine rings is 1. The van der Waals surface area contributed by atoms with Gasteiger partial charge in [-0.3, -0.25) is 4.57 Å². The third-order valence-corrected chi connectivity index (χ3v) is 4.87. The summed E-state index contributed by atoms with van der Waals surface area (Å²) < 4.78 is 8.08. The fraction of sp³-hybridized carbons (Fsp3) is 0.857. The number of aromatic nitrogens is 3. The van der Waals surface area contributed by atoms with Crippen LogP contribution in [0.3, 0.4) is 0 Å². The summed E-state index contributed by atoms with van der Waals surface area (Å²) in [4.78, 5) is 2.39. The molecule has 1 unspecified atom stereocenters. The summed E-state index contributed by atoms with van der Waals surface area (Å²) in [6.07, 6.45) is 6.56. The lowest BCUT2D eigenvalue weighted by molar-refractivity contribution is 0.0952. The first-order valence-electron chi connectivity index (χ1n) is 7.81.